The second kappa shape index (κ2) is 4.79. The van der Waals surface area contributed by atoms with Crippen LogP contribution in [0.1, 0.15) is 0 Å². The molecule has 0 bridgehead atoms. The Kier molecular flexibility index (Phi) is 2.68. The van der Waals surface area contributed by atoms with E-state index in [-0.39, 0.29) is 11.5 Å². The predicted molar refractivity (Wildman–Crippen MR) is 91.3 cm³/mol. The van der Waals surface area contributed by atoms with Crippen molar-refractivity contribution < 1.29 is 18.7 Å². The van der Waals surface area contributed by atoms with E-state index in [9.17, 15) is 9.50 Å². The molecule has 0 aliphatic carbocycles. The van der Waals surface area contributed by atoms with E-state index in [0.717, 1.165) is 11.3 Å². The maximum absolute atomic E-state index is 14.4. The largest absolute Gasteiger partial charge is 0.505 e. The average Bonchev–Trinajstić information content (AvgIpc) is 3.08. The van der Waals surface area contributed by atoms with Gasteiger partial charge in [-0.15, -0.1) is 0 Å². The molecule has 1 aliphatic rings. The van der Waals surface area contributed by atoms with Gasteiger partial charge in [0.1, 0.15) is 17.9 Å². The number of anilines is 2. The molecule has 1 aliphatic heterocycles. The van der Waals surface area contributed by atoms with Crippen LogP contribution in [-0.4, -0.2) is 28.2 Å². The van der Waals surface area contributed by atoms with Crippen LogP contribution in [-0.2, 0) is 0 Å². The van der Waals surface area contributed by atoms with E-state index in [1.165, 1.54) is 6.07 Å². The minimum absolute atomic E-state index is 0.0896. The zero-order valence-electron chi connectivity index (χ0n) is 12.9. The molecule has 0 unspecified atom stereocenters. The maximum atomic E-state index is 14.4. The van der Waals surface area contributed by atoms with Crippen LogP contribution in [0.5, 0.6) is 11.5 Å². The van der Waals surface area contributed by atoms with Crippen molar-refractivity contribution in [2.45, 2.75) is 0 Å². The molecule has 2 aromatic heterocycles. The summed E-state index contributed by atoms with van der Waals surface area (Å²) in [7, 11) is 0. The second-order valence-corrected chi connectivity index (χ2v) is 5.84. The van der Waals surface area contributed by atoms with Crippen LogP contribution in [0.4, 0.5) is 16.1 Å². The number of aromatic amines is 1. The first kappa shape index (κ1) is 14.0. The third kappa shape index (κ3) is 1.94. The summed E-state index contributed by atoms with van der Waals surface area (Å²) in [4.78, 5) is 7.18. The standard InChI is InChI=1S/C17H13FN4O3/c18-13-9(23)6-11-12-15(13)22-14(16(12)20-3-4-24-11)7-1-2-10-8(5-7)21-17(19)25-10/h1-2,5-6,20,22-23H,3-4H2,(H2,19,21). The van der Waals surface area contributed by atoms with Gasteiger partial charge < -0.3 is 30.3 Å². The minimum Gasteiger partial charge on any atom is -0.505 e. The Morgan fingerprint density at radius 2 is 2.16 bits per heavy atom. The number of nitrogens with one attached hydrogen (secondary N) is 2. The molecule has 0 spiro atoms. The lowest BCUT2D eigenvalue weighted by Gasteiger charge is -2.05. The number of oxazole rings is 1. The summed E-state index contributed by atoms with van der Waals surface area (Å²) >= 11 is 0. The van der Waals surface area contributed by atoms with E-state index in [1.54, 1.807) is 12.1 Å². The number of aromatic hydroxyl groups is 1. The van der Waals surface area contributed by atoms with Crippen molar-refractivity contribution in [3.05, 3.63) is 30.1 Å². The molecular formula is C17H13FN4O3. The van der Waals surface area contributed by atoms with Gasteiger partial charge in [0.05, 0.1) is 22.3 Å². The van der Waals surface area contributed by atoms with Crippen molar-refractivity contribution in [3.8, 4) is 22.8 Å². The molecule has 0 atom stereocenters. The molecule has 5 N–H and O–H groups in total. The number of ether oxygens (including phenoxy) is 1. The lowest BCUT2D eigenvalue weighted by atomic mass is 10.1. The van der Waals surface area contributed by atoms with E-state index < -0.39 is 11.6 Å². The predicted octanol–water partition coefficient (Wildman–Crippen LogP) is 3.21. The fourth-order valence-corrected chi connectivity index (χ4v) is 3.24. The molecule has 2 aromatic carbocycles. The van der Waals surface area contributed by atoms with Gasteiger partial charge in [0, 0.05) is 18.2 Å². The number of phenolic OH excluding ortho intramolecular Hbond substituents is 1. The monoisotopic (exact) mass is 340 g/mol. The number of hydrogen-bond donors (Lipinski definition) is 4. The van der Waals surface area contributed by atoms with Gasteiger partial charge in [-0.1, -0.05) is 0 Å². The van der Waals surface area contributed by atoms with Crippen LogP contribution in [0.2, 0.25) is 0 Å². The molecule has 7 nitrogen and oxygen atoms in total. The lowest BCUT2D eigenvalue weighted by molar-refractivity contribution is 0.335. The average molecular weight is 340 g/mol. The number of rotatable bonds is 1. The molecule has 126 valence electrons. The zero-order chi connectivity index (χ0) is 17.1. The summed E-state index contributed by atoms with van der Waals surface area (Å²) in [6.07, 6.45) is 0. The number of nitrogens with zero attached hydrogens (tertiary/aromatic N) is 1. The van der Waals surface area contributed by atoms with Crippen molar-refractivity contribution >= 4 is 33.7 Å². The highest BCUT2D eigenvalue weighted by atomic mass is 19.1. The van der Waals surface area contributed by atoms with Gasteiger partial charge in [-0.05, 0) is 18.2 Å². The number of aromatic nitrogens is 2. The van der Waals surface area contributed by atoms with Gasteiger partial charge in [0.2, 0.25) is 0 Å². The summed E-state index contributed by atoms with van der Waals surface area (Å²) in [5, 5.41) is 13.7. The number of hydrogen-bond acceptors (Lipinski definition) is 6. The van der Waals surface area contributed by atoms with Crippen molar-refractivity contribution in [2.75, 3.05) is 24.2 Å². The molecule has 5 rings (SSSR count). The zero-order valence-corrected chi connectivity index (χ0v) is 12.9. The Labute approximate surface area is 140 Å². The molecule has 3 heterocycles. The molecular weight excluding hydrogens is 327 g/mol. The summed E-state index contributed by atoms with van der Waals surface area (Å²) in [6, 6.07) is 6.79. The second-order valence-electron chi connectivity index (χ2n) is 5.84. The van der Waals surface area contributed by atoms with Crippen LogP contribution in [0, 0.1) is 5.82 Å². The van der Waals surface area contributed by atoms with E-state index >= 15 is 0 Å². The smallest absolute Gasteiger partial charge is 0.292 e. The number of fused-ring (bicyclic) bond motifs is 1. The van der Waals surface area contributed by atoms with Crippen molar-refractivity contribution in [3.63, 3.8) is 0 Å². The molecule has 8 heteroatoms. The van der Waals surface area contributed by atoms with Crippen LogP contribution in [0.25, 0.3) is 33.3 Å². The van der Waals surface area contributed by atoms with Gasteiger partial charge in [-0.3, -0.25) is 0 Å². The number of nitrogen functional groups attached to an aromatic ring is 1. The number of H-pyrrole nitrogens is 1. The van der Waals surface area contributed by atoms with E-state index in [2.05, 4.69) is 15.3 Å². The third-order valence-electron chi connectivity index (χ3n) is 4.31. The Hall–Kier alpha value is -3.42. The summed E-state index contributed by atoms with van der Waals surface area (Å²) in [5.74, 6) is -0.739. The molecule has 0 fully saturated rings. The number of halogens is 1. The quantitative estimate of drug-likeness (QED) is 0.424. The van der Waals surface area contributed by atoms with E-state index in [4.69, 9.17) is 14.9 Å². The highest BCUT2D eigenvalue weighted by molar-refractivity contribution is 6.06. The summed E-state index contributed by atoms with van der Waals surface area (Å²) in [6.45, 7) is 0.962. The fourth-order valence-electron chi connectivity index (χ4n) is 3.24. The molecule has 0 amide bonds. The third-order valence-corrected chi connectivity index (χ3v) is 4.31. The van der Waals surface area contributed by atoms with E-state index in [1.807, 2.05) is 6.07 Å². The Morgan fingerprint density at radius 1 is 1.28 bits per heavy atom. The SMILES string of the molecule is Nc1nc2cc(-c3[nH]c4c(F)c(O)cc5c4c3NCCO5)ccc2o1. The highest BCUT2D eigenvalue weighted by Gasteiger charge is 2.24. The first-order valence-electron chi connectivity index (χ1n) is 7.72. The van der Waals surface area contributed by atoms with Crippen molar-refractivity contribution in [1.82, 2.24) is 9.97 Å². The Morgan fingerprint density at radius 3 is 3.04 bits per heavy atom. The van der Waals surface area contributed by atoms with Crippen molar-refractivity contribution in [1.29, 1.82) is 0 Å². The van der Waals surface area contributed by atoms with Crippen molar-refractivity contribution in [2.24, 2.45) is 0 Å². The normalized spacial score (nSPS) is 13.6. The number of nitrogens with two attached hydrogens (primary N) is 1. The Bertz CT molecular complexity index is 1150. The first-order chi connectivity index (χ1) is 12.1. The molecule has 0 saturated heterocycles. The van der Waals surface area contributed by atoms with Gasteiger partial charge in [0.15, 0.2) is 17.1 Å². The molecule has 0 saturated carbocycles. The minimum atomic E-state index is -0.717. The lowest BCUT2D eigenvalue weighted by Crippen LogP contribution is -2.08. The first-order valence-corrected chi connectivity index (χ1v) is 7.72. The molecule has 0 radical (unpaired) electrons. The number of benzene rings is 2. The van der Waals surface area contributed by atoms with Gasteiger partial charge in [0.25, 0.3) is 6.01 Å². The van der Waals surface area contributed by atoms with Gasteiger partial charge >= 0.3 is 0 Å². The summed E-state index contributed by atoms with van der Waals surface area (Å²) in [5.41, 5.74) is 9.14. The van der Waals surface area contributed by atoms with Crippen LogP contribution in [0.15, 0.2) is 28.7 Å². The molecule has 25 heavy (non-hydrogen) atoms. The molecule has 4 aromatic rings. The number of phenols is 1. The van der Waals surface area contributed by atoms with Crippen LogP contribution < -0.4 is 15.8 Å². The van der Waals surface area contributed by atoms with Gasteiger partial charge in [-0.25, -0.2) is 4.39 Å². The summed E-state index contributed by atoms with van der Waals surface area (Å²) < 4.78 is 25.3. The van der Waals surface area contributed by atoms with Crippen LogP contribution >= 0.6 is 0 Å². The Balaban J connectivity index is 1.82. The maximum Gasteiger partial charge on any atom is 0.292 e. The van der Waals surface area contributed by atoms with E-state index in [0.29, 0.717) is 41.1 Å². The van der Waals surface area contributed by atoms with Crippen LogP contribution in [0.3, 0.4) is 0 Å². The fraction of sp³-hybridized carbons (Fsp3) is 0.118. The van der Waals surface area contributed by atoms with Gasteiger partial charge in [-0.2, -0.15) is 4.98 Å². The highest BCUT2D eigenvalue weighted by Crippen LogP contribution is 2.44. The topological polar surface area (TPSA) is 109 Å².